The van der Waals surface area contributed by atoms with Gasteiger partial charge in [0.25, 0.3) is 0 Å². The van der Waals surface area contributed by atoms with Gasteiger partial charge in [0, 0.05) is 5.75 Å². The highest BCUT2D eigenvalue weighted by atomic mass is 32.2. The quantitative estimate of drug-likeness (QED) is 0.202. The average Bonchev–Trinajstić information content (AvgIpc) is 2.66. The second-order valence-corrected chi connectivity index (χ2v) is 9.24. The smallest absolute Gasteiger partial charge is 0.326 e. The number of rotatable bonds is 14. The Bertz CT molecular complexity index is 589. The van der Waals surface area contributed by atoms with Crippen molar-refractivity contribution < 1.29 is 24.3 Å². The van der Waals surface area contributed by atoms with Crippen molar-refractivity contribution in [3.63, 3.8) is 0 Å². The molecular weight excluding hydrogens is 428 g/mol. The van der Waals surface area contributed by atoms with E-state index in [9.17, 15) is 24.3 Å². The van der Waals surface area contributed by atoms with Crippen molar-refractivity contribution in [3.05, 3.63) is 0 Å². The fraction of sp³-hybridized carbons (Fsp3) is 0.789. The van der Waals surface area contributed by atoms with Crippen LogP contribution in [0.3, 0.4) is 0 Å². The predicted octanol–water partition coefficient (Wildman–Crippen LogP) is 0.238. The molecule has 30 heavy (non-hydrogen) atoms. The third-order valence-corrected chi connectivity index (χ3v) is 5.41. The number of nitrogens with two attached hydrogens (primary N) is 1. The lowest BCUT2D eigenvalue weighted by atomic mass is 10.0. The van der Waals surface area contributed by atoms with Gasteiger partial charge in [0.05, 0.1) is 6.04 Å². The Kier molecular flexibility index (Phi) is 13.8. The first-order chi connectivity index (χ1) is 13.9. The van der Waals surface area contributed by atoms with Gasteiger partial charge in [-0.05, 0) is 36.7 Å². The van der Waals surface area contributed by atoms with Gasteiger partial charge in [0.15, 0.2) is 0 Å². The zero-order chi connectivity index (χ0) is 23.4. The summed E-state index contributed by atoms with van der Waals surface area (Å²) < 4.78 is 0. The van der Waals surface area contributed by atoms with Crippen LogP contribution in [-0.2, 0) is 19.2 Å². The first kappa shape index (κ1) is 28.5. The predicted molar refractivity (Wildman–Crippen MR) is 123 cm³/mol. The molecule has 174 valence electrons. The number of carbonyl (C=O) groups is 4. The summed E-state index contributed by atoms with van der Waals surface area (Å²) in [7, 11) is 0. The monoisotopic (exact) mass is 464 g/mol. The molecule has 0 aliphatic rings. The molecule has 4 unspecified atom stereocenters. The Morgan fingerprint density at radius 3 is 1.87 bits per heavy atom. The van der Waals surface area contributed by atoms with Gasteiger partial charge in [0.2, 0.25) is 17.7 Å². The summed E-state index contributed by atoms with van der Waals surface area (Å²) in [4.78, 5) is 48.9. The molecule has 6 N–H and O–H groups in total. The van der Waals surface area contributed by atoms with Crippen molar-refractivity contribution in [2.45, 2.75) is 64.7 Å². The van der Waals surface area contributed by atoms with E-state index in [1.54, 1.807) is 13.8 Å². The molecule has 0 spiro atoms. The van der Waals surface area contributed by atoms with Crippen LogP contribution in [-0.4, -0.2) is 70.7 Å². The van der Waals surface area contributed by atoms with E-state index in [1.165, 1.54) is 11.8 Å². The molecule has 3 amide bonds. The van der Waals surface area contributed by atoms with Gasteiger partial charge in [-0.1, -0.05) is 27.7 Å². The van der Waals surface area contributed by atoms with Gasteiger partial charge in [-0.2, -0.15) is 24.4 Å². The van der Waals surface area contributed by atoms with Crippen LogP contribution < -0.4 is 21.7 Å². The summed E-state index contributed by atoms with van der Waals surface area (Å²) in [6.07, 6.45) is 2.49. The number of carboxylic acid groups (broad SMARTS) is 1. The summed E-state index contributed by atoms with van der Waals surface area (Å²) in [6.45, 7) is 7.30. The molecule has 4 atom stereocenters. The van der Waals surface area contributed by atoms with Gasteiger partial charge >= 0.3 is 5.97 Å². The maximum absolute atomic E-state index is 12.7. The molecule has 0 radical (unpaired) electrons. The van der Waals surface area contributed by atoms with E-state index in [1.807, 2.05) is 20.1 Å². The lowest BCUT2D eigenvalue weighted by Gasteiger charge is -2.25. The third kappa shape index (κ3) is 10.5. The van der Waals surface area contributed by atoms with E-state index in [-0.39, 0.29) is 24.0 Å². The number of nitrogens with one attached hydrogen (secondary N) is 3. The van der Waals surface area contributed by atoms with E-state index in [2.05, 4.69) is 28.6 Å². The summed E-state index contributed by atoms with van der Waals surface area (Å²) >= 11 is 5.62. The molecule has 0 aromatic rings. The summed E-state index contributed by atoms with van der Waals surface area (Å²) in [6, 6.07) is -3.73. The maximum Gasteiger partial charge on any atom is 0.326 e. The second kappa shape index (κ2) is 14.5. The Balaban J connectivity index is 5.19. The van der Waals surface area contributed by atoms with Crippen LogP contribution in [0.1, 0.15) is 40.5 Å². The normalized spacial score (nSPS) is 15.2. The number of hydrogen-bond donors (Lipinski definition) is 6. The number of carboxylic acids is 1. The van der Waals surface area contributed by atoms with Crippen molar-refractivity contribution in [1.82, 2.24) is 16.0 Å². The van der Waals surface area contributed by atoms with Crippen LogP contribution >= 0.6 is 24.4 Å². The van der Waals surface area contributed by atoms with Gasteiger partial charge in [0.1, 0.15) is 18.1 Å². The van der Waals surface area contributed by atoms with Gasteiger partial charge in [-0.15, -0.1) is 0 Å². The fourth-order valence-corrected chi connectivity index (χ4v) is 3.24. The van der Waals surface area contributed by atoms with Gasteiger partial charge in [-0.3, -0.25) is 14.4 Å². The molecule has 0 aromatic heterocycles. The molecule has 0 saturated heterocycles. The molecular formula is C19H36N4O5S2. The first-order valence-corrected chi connectivity index (χ1v) is 12.0. The fourth-order valence-electron chi connectivity index (χ4n) is 2.51. The Labute approximate surface area is 188 Å². The van der Waals surface area contributed by atoms with Crippen molar-refractivity contribution in [2.75, 3.05) is 17.8 Å². The van der Waals surface area contributed by atoms with E-state index in [0.717, 1.165) is 0 Å². The van der Waals surface area contributed by atoms with Crippen LogP contribution in [0.2, 0.25) is 0 Å². The van der Waals surface area contributed by atoms with Crippen molar-refractivity contribution in [2.24, 2.45) is 17.6 Å². The minimum Gasteiger partial charge on any atom is -0.480 e. The van der Waals surface area contributed by atoms with Crippen molar-refractivity contribution >= 4 is 48.1 Å². The Hall–Kier alpha value is -1.46. The lowest BCUT2D eigenvalue weighted by molar-refractivity contribution is -0.142. The molecule has 0 bridgehead atoms. The molecule has 0 aromatic carbocycles. The number of carbonyl (C=O) groups excluding carboxylic acids is 3. The second-order valence-electron chi connectivity index (χ2n) is 7.89. The summed E-state index contributed by atoms with van der Waals surface area (Å²) in [5.74, 6) is -2.22. The van der Waals surface area contributed by atoms with E-state index in [4.69, 9.17) is 5.73 Å². The van der Waals surface area contributed by atoms with Crippen LogP contribution in [0.4, 0.5) is 0 Å². The third-order valence-electron chi connectivity index (χ3n) is 4.40. The van der Waals surface area contributed by atoms with Crippen molar-refractivity contribution in [3.8, 4) is 0 Å². The molecule has 0 aliphatic carbocycles. The van der Waals surface area contributed by atoms with Crippen LogP contribution in [0.25, 0.3) is 0 Å². The highest BCUT2D eigenvalue weighted by Crippen LogP contribution is 2.07. The Morgan fingerprint density at radius 2 is 1.43 bits per heavy atom. The van der Waals surface area contributed by atoms with E-state index in [0.29, 0.717) is 12.2 Å². The SMILES string of the molecule is CSCCC(NC(=O)C(N)C(C)C)C(=O)NC(CS)C(=O)NC(CC(C)C)C(=O)O. The van der Waals surface area contributed by atoms with Gasteiger partial charge < -0.3 is 26.8 Å². The molecule has 0 rings (SSSR count). The highest BCUT2D eigenvalue weighted by molar-refractivity contribution is 7.98. The first-order valence-electron chi connectivity index (χ1n) is 9.93. The standard InChI is InChI=1S/C19H36N4O5S2/c1-10(2)8-13(19(27)28)22-17(25)14(9-29)23-16(24)12(6-7-30-5)21-18(26)15(20)11(3)4/h10-15,29H,6-9,20H2,1-5H3,(H,21,26)(H,22,25)(H,23,24)(H,27,28). The molecule has 0 aliphatic heterocycles. The van der Waals surface area contributed by atoms with Crippen LogP contribution in [0, 0.1) is 11.8 Å². The molecule has 0 fully saturated rings. The molecule has 9 nitrogen and oxygen atoms in total. The summed E-state index contributed by atoms with van der Waals surface area (Å²) in [5, 5.41) is 17.0. The molecule has 0 heterocycles. The number of aliphatic carboxylic acids is 1. The van der Waals surface area contributed by atoms with E-state index >= 15 is 0 Å². The number of thioether (sulfide) groups is 1. The lowest BCUT2D eigenvalue weighted by Crippen LogP contribution is -2.58. The Morgan fingerprint density at radius 1 is 0.933 bits per heavy atom. The number of amides is 3. The average molecular weight is 465 g/mol. The maximum atomic E-state index is 12.7. The van der Waals surface area contributed by atoms with Crippen molar-refractivity contribution in [1.29, 1.82) is 0 Å². The zero-order valence-corrected chi connectivity index (χ0v) is 20.0. The molecule has 11 heteroatoms. The van der Waals surface area contributed by atoms with Crippen LogP contribution in [0.5, 0.6) is 0 Å². The minimum absolute atomic E-state index is 0.0275. The number of hydrogen-bond acceptors (Lipinski definition) is 7. The van der Waals surface area contributed by atoms with E-state index < -0.39 is 47.9 Å². The molecule has 0 saturated carbocycles. The highest BCUT2D eigenvalue weighted by Gasteiger charge is 2.30. The number of thiol groups is 1. The van der Waals surface area contributed by atoms with Gasteiger partial charge in [-0.25, -0.2) is 4.79 Å². The summed E-state index contributed by atoms with van der Waals surface area (Å²) in [5.41, 5.74) is 5.85. The minimum atomic E-state index is -1.14. The topological polar surface area (TPSA) is 151 Å². The van der Waals surface area contributed by atoms with Crippen LogP contribution in [0.15, 0.2) is 0 Å². The zero-order valence-electron chi connectivity index (χ0n) is 18.3. The largest absolute Gasteiger partial charge is 0.480 e.